The lowest BCUT2D eigenvalue weighted by atomic mass is 10.1. The lowest BCUT2D eigenvalue weighted by molar-refractivity contribution is -0.137. The van der Waals surface area contributed by atoms with E-state index in [-0.39, 0.29) is 22.1 Å². The van der Waals surface area contributed by atoms with Gasteiger partial charge >= 0.3 is 6.18 Å². The van der Waals surface area contributed by atoms with Crippen LogP contribution in [0.4, 0.5) is 30.2 Å². The number of anilines is 3. The number of nitrogens with zero attached hydrogens (tertiary/aromatic N) is 2. The molecule has 176 valence electrons. The molecule has 10 heteroatoms. The summed E-state index contributed by atoms with van der Waals surface area (Å²) in [6, 6.07) is 17.3. The van der Waals surface area contributed by atoms with Crippen molar-refractivity contribution in [3.8, 4) is 0 Å². The minimum absolute atomic E-state index is 0.000366. The number of para-hydroxylation sites is 1. The van der Waals surface area contributed by atoms with E-state index in [0.29, 0.717) is 11.5 Å². The molecule has 0 spiro atoms. The van der Waals surface area contributed by atoms with Crippen LogP contribution in [0.15, 0.2) is 82.1 Å². The normalized spacial score (nSPS) is 15.0. The molecular weight excluding hydrogens is 467 g/mol. The molecule has 1 amide bonds. The number of halogens is 3. The molecule has 1 aliphatic rings. The number of alkyl halides is 3. The molecule has 3 aromatic rings. The molecule has 0 radical (unpaired) electrons. The van der Waals surface area contributed by atoms with Gasteiger partial charge in [-0.15, -0.1) is 4.40 Å². The number of benzene rings is 3. The maximum atomic E-state index is 13.0. The number of rotatable bonds is 4. The van der Waals surface area contributed by atoms with Crippen molar-refractivity contribution in [2.24, 2.45) is 10.3 Å². The summed E-state index contributed by atoms with van der Waals surface area (Å²) in [6.07, 6.45) is -4.51. The summed E-state index contributed by atoms with van der Waals surface area (Å²) >= 11 is 0. The van der Waals surface area contributed by atoms with Crippen molar-refractivity contribution in [3.05, 3.63) is 83.9 Å². The minimum atomic E-state index is -4.51. The van der Waals surface area contributed by atoms with Crippen molar-refractivity contribution in [1.82, 2.24) is 0 Å². The van der Waals surface area contributed by atoms with Crippen molar-refractivity contribution in [3.63, 3.8) is 0 Å². The van der Waals surface area contributed by atoms with Crippen LogP contribution in [0.1, 0.15) is 29.8 Å². The molecule has 1 heterocycles. The van der Waals surface area contributed by atoms with Crippen LogP contribution >= 0.6 is 0 Å². The Bertz CT molecular complexity index is 1370. The smallest absolute Gasteiger partial charge is 0.322 e. The maximum Gasteiger partial charge on any atom is 0.416 e. The van der Waals surface area contributed by atoms with Crippen LogP contribution in [0.5, 0.6) is 0 Å². The topological polar surface area (TPSA) is 78.8 Å². The van der Waals surface area contributed by atoms with E-state index in [4.69, 9.17) is 0 Å². The van der Waals surface area contributed by atoms with E-state index in [1.54, 1.807) is 11.0 Å². The van der Waals surface area contributed by atoms with Gasteiger partial charge in [-0.25, -0.2) is 0 Å². The van der Waals surface area contributed by atoms with E-state index in [2.05, 4.69) is 9.71 Å². The van der Waals surface area contributed by atoms with Gasteiger partial charge in [-0.1, -0.05) is 32.0 Å². The van der Waals surface area contributed by atoms with E-state index in [0.717, 1.165) is 30.0 Å². The summed E-state index contributed by atoms with van der Waals surface area (Å²) in [5.41, 5.74) is 0.414. The van der Waals surface area contributed by atoms with Gasteiger partial charge in [0.1, 0.15) is 10.7 Å². The Morgan fingerprint density at radius 1 is 0.971 bits per heavy atom. The Labute approximate surface area is 194 Å². The zero-order valence-electron chi connectivity index (χ0n) is 18.2. The number of carbonyl (C=O) groups is 1. The summed E-state index contributed by atoms with van der Waals surface area (Å²) in [4.78, 5) is 14.2. The third-order valence-electron chi connectivity index (χ3n) is 5.18. The summed E-state index contributed by atoms with van der Waals surface area (Å²) in [6.45, 7) is 3.68. The third kappa shape index (κ3) is 4.54. The van der Waals surface area contributed by atoms with Crippen LogP contribution in [0.3, 0.4) is 0 Å². The molecule has 1 N–H and O–H groups in total. The monoisotopic (exact) mass is 487 g/mol. The van der Waals surface area contributed by atoms with Gasteiger partial charge in [-0.05, 0) is 54.6 Å². The Morgan fingerprint density at radius 3 is 2.21 bits per heavy atom. The number of hydrogen-bond donors (Lipinski definition) is 1. The Hall–Kier alpha value is -3.66. The zero-order valence-corrected chi connectivity index (χ0v) is 19.0. The van der Waals surface area contributed by atoms with Gasteiger partial charge in [0, 0.05) is 22.9 Å². The van der Waals surface area contributed by atoms with Crippen LogP contribution in [-0.4, -0.2) is 20.2 Å². The van der Waals surface area contributed by atoms with Gasteiger partial charge in [0.15, 0.2) is 0 Å². The average Bonchev–Trinajstić information content (AvgIpc) is 2.79. The van der Waals surface area contributed by atoms with Gasteiger partial charge in [0.25, 0.3) is 15.9 Å². The standard InChI is InChI=1S/C24H20F3N3O3S/c1-15(2)22-29-34(32,33)21-14-18(12-13-20(21)30(22)19-6-4-3-5-7-19)28-23(31)16-8-10-17(11-9-16)24(25,26)27/h3-15H,1-2H3,(H,28,31). The second-order valence-electron chi connectivity index (χ2n) is 7.96. The number of carbonyl (C=O) groups excluding carboxylic acids is 1. The lowest BCUT2D eigenvalue weighted by Gasteiger charge is -2.33. The summed E-state index contributed by atoms with van der Waals surface area (Å²) < 4.78 is 68.2. The fourth-order valence-electron chi connectivity index (χ4n) is 3.55. The molecule has 34 heavy (non-hydrogen) atoms. The third-order valence-corrected chi connectivity index (χ3v) is 6.49. The molecular formula is C24H20F3N3O3S. The first kappa shape index (κ1) is 23.5. The molecule has 0 aliphatic carbocycles. The van der Waals surface area contributed by atoms with Crippen LogP contribution in [0.25, 0.3) is 0 Å². The second kappa shape index (κ2) is 8.60. The molecule has 4 rings (SSSR count). The molecule has 0 saturated heterocycles. The SMILES string of the molecule is CC(C)C1=NS(=O)(=O)c2cc(NC(=O)c3ccc(C(F)(F)F)cc3)ccc2N1c1ccccc1. The van der Waals surface area contributed by atoms with Crippen LogP contribution in [0.2, 0.25) is 0 Å². The van der Waals surface area contributed by atoms with E-state index in [1.807, 2.05) is 44.2 Å². The quantitative estimate of drug-likeness (QED) is 0.501. The largest absolute Gasteiger partial charge is 0.416 e. The first-order valence-electron chi connectivity index (χ1n) is 10.3. The average molecular weight is 488 g/mol. The molecule has 0 bridgehead atoms. The van der Waals surface area contributed by atoms with Crippen LogP contribution < -0.4 is 10.2 Å². The van der Waals surface area contributed by atoms with Gasteiger partial charge < -0.3 is 5.32 Å². The number of fused-ring (bicyclic) bond motifs is 1. The Kier molecular flexibility index (Phi) is 5.94. The fourth-order valence-corrected chi connectivity index (χ4v) is 4.88. The second-order valence-corrected chi connectivity index (χ2v) is 9.53. The van der Waals surface area contributed by atoms with Crippen molar-refractivity contribution < 1.29 is 26.4 Å². The van der Waals surface area contributed by atoms with Crippen molar-refractivity contribution >= 4 is 38.8 Å². The maximum absolute atomic E-state index is 13.0. The molecule has 0 atom stereocenters. The molecule has 0 fully saturated rings. The zero-order chi connectivity index (χ0) is 24.7. The van der Waals surface area contributed by atoms with E-state index < -0.39 is 27.7 Å². The van der Waals surface area contributed by atoms with E-state index in [1.165, 1.54) is 12.1 Å². The highest BCUT2D eigenvalue weighted by atomic mass is 32.2. The molecule has 0 aromatic heterocycles. The highest BCUT2D eigenvalue weighted by Gasteiger charge is 2.33. The predicted molar refractivity (Wildman–Crippen MR) is 124 cm³/mol. The number of nitrogens with one attached hydrogen (secondary N) is 1. The Balaban J connectivity index is 1.70. The van der Waals surface area contributed by atoms with Gasteiger partial charge in [0.05, 0.1) is 11.3 Å². The Morgan fingerprint density at radius 2 is 1.62 bits per heavy atom. The highest BCUT2D eigenvalue weighted by molar-refractivity contribution is 7.90. The number of amides is 1. The molecule has 3 aromatic carbocycles. The molecule has 0 unspecified atom stereocenters. The van der Waals surface area contributed by atoms with E-state index >= 15 is 0 Å². The van der Waals surface area contributed by atoms with Gasteiger partial charge in [0.2, 0.25) is 0 Å². The van der Waals surface area contributed by atoms with Crippen molar-refractivity contribution in [1.29, 1.82) is 0 Å². The molecule has 0 saturated carbocycles. The van der Waals surface area contributed by atoms with Gasteiger partial charge in [-0.3, -0.25) is 9.69 Å². The van der Waals surface area contributed by atoms with E-state index in [9.17, 15) is 26.4 Å². The number of hydrogen-bond acceptors (Lipinski definition) is 4. The summed E-state index contributed by atoms with van der Waals surface area (Å²) in [5, 5.41) is 2.54. The summed E-state index contributed by atoms with van der Waals surface area (Å²) in [5.74, 6) is -0.504. The van der Waals surface area contributed by atoms with Crippen molar-refractivity contribution in [2.45, 2.75) is 24.9 Å². The highest BCUT2D eigenvalue weighted by Crippen LogP contribution is 2.39. The van der Waals surface area contributed by atoms with Crippen LogP contribution in [0, 0.1) is 5.92 Å². The number of sulfonamides is 1. The molecule has 1 aliphatic heterocycles. The van der Waals surface area contributed by atoms with Crippen molar-refractivity contribution in [2.75, 3.05) is 10.2 Å². The number of amidine groups is 1. The fraction of sp³-hybridized carbons (Fsp3) is 0.167. The molecule has 6 nitrogen and oxygen atoms in total. The van der Waals surface area contributed by atoms with Gasteiger partial charge in [-0.2, -0.15) is 21.6 Å². The first-order chi connectivity index (χ1) is 16.0. The van der Waals surface area contributed by atoms with Crippen LogP contribution in [-0.2, 0) is 16.2 Å². The predicted octanol–water partition coefficient (Wildman–Crippen LogP) is 5.85. The minimum Gasteiger partial charge on any atom is -0.322 e. The first-order valence-corrected chi connectivity index (χ1v) is 11.7. The summed E-state index contributed by atoms with van der Waals surface area (Å²) in [7, 11) is -4.05. The lowest BCUT2D eigenvalue weighted by Crippen LogP contribution is -2.35.